The fraction of sp³-hybridized carbons (Fsp3) is 0. The first-order valence-electron chi connectivity index (χ1n) is 5.52. The molecule has 0 bridgehead atoms. The summed E-state index contributed by atoms with van der Waals surface area (Å²) < 4.78 is 42.8. The summed E-state index contributed by atoms with van der Waals surface area (Å²) in [6.45, 7) is 0. The number of fused-ring (bicyclic) bond motifs is 1. The summed E-state index contributed by atoms with van der Waals surface area (Å²) in [4.78, 5) is 2.86. The molecule has 3 aromatic rings. The minimum atomic E-state index is -0.637. The van der Waals surface area contributed by atoms with Gasteiger partial charge in [-0.25, -0.2) is 13.2 Å². The Morgan fingerprint density at radius 2 is 1.80 bits per heavy atom. The summed E-state index contributed by atoms with van der Waals surface area (Å²) in [6, 6.07) is 5.85. The molecule has 0 atom stereocenters. The Morgan fingerprint density at radius 3 is 2.55 bits per heavy atom. The van der Waals surface area contributed by atoms with Crippen LogP contribution in [0.4, 0.5) is 13.2 Å². The Kier molecular flexibility index (Phi) is 3.33. The van der Waals surface area contributed by atoms with E-state index in [4.69, 9.17) is 12.2 Å². The van der Waals surface area contributed by atoms with Gasteiger partial charge in [-0.2, -0.15) is 0 Å². The van der Waals surface area contributed by atoms with E-state index in [0.717, 1.165) is 18.2 Å². The van der Waals surface area contributed by atoms with Crippen LogP contribution in [0.25, 0.3) is 16.7 Å². The van der Waals surface area contributed by atoms with Crippen molar-refractivity contribution in [3.05, 3.63) is 56.1 Å². The minimum absolute atomic E-state index is 0.0538. The summed E-state index contributed by atoms with van der Waals surface area (Å²) in [5.41, 5.74) is 0.865. The molecule has 102 valence electrons. The highest BCUT2D eigenvalue weighted by molar-refractivity contribution is 14.1. The van der Waals surface area contributed by atoms with Crippen molar-refractivity contribution in [1.82, 2.24) is 9.55 Å². The third-order valence-corrected chi connectivity index (χ3v) is 3.98. The van der Waals surface area contributed by atoms with Crippen LogP contribution >= 0.6 is 34.8 Å². The van der Waals surface area contributed by atoms with Crippen molar-refractivity contribution in [2.45, 2.75) is 0 Å². The highest BCUT2D eigenvalue weighted by Gasteiger charge is 2.13. The maximum atomic E-state index is 13.9. The second kappa shape index (κ2) is 4.88. The van der Waals surface area contributed by atoms with Crippen LogP contribution in [0.5, 0.6) is 0 Å². The summed E-state index contributed by atoms with van der Waals surface area (Å²) in [6.07, 6.45) is 0. The normalized spacial score (nSPS) is 11.2. The molecule has 0 aliphatic carbocycles. The van der Waals surface area contributed by atoms with Crippen LogP contribution in [-0.4, -0.2) is 9.55 Å². The molecule has 0 unspecified atom stereocenters. The Balaban J connectivity index is 2.42. The first-order chi connectivity index (χ1) is 9.47. The van der Waals surface area contributed by atoms with Crippen LogP contribution in [0, 0.1) is 25.8 Å². The SMILES string of the molecule is Fc1ccc(F)c(-n2c(=S)[nH]c3cc(I)c(F)cc32)c1. The Labute approximate surface area is 130 Å². The first kappa shape index (κ1) is 13.6. The molecule has 0 aliphatic rings. The number of imidazole rings is 1. The van der Waals surface area contributed by atoms with Crippen LogP contribution in [0.2, 0.25) is 0 Å². The zero-order valence-electron chi connectivity index (χ0n) is 9.75. The number of aromatic amines is 1. The summed E-state index contributed by atoms with van der Waals surface area (Å²) in [7, 11) is 0. The quantitative estimate of drug-likeness (QED) is 0.459. The molecule has 1 N–H and O–H groups in total. The minimum Gasteiger partial charge on any atom is -0.330 e. The molecule has 0 saturated carbocycles. The van der Waals surface area contributed by atoms with Gasteiger partial charge < -0.3 is 4.98 Å². The number of nitrogens with zero attached hydrogens (tertiary/aromatic N) is 1. The molecule has 0 amide bonds. The van der Waals surface area contributed by atoms with Gasteiger partial charge in [0.05, 0.1) is 20.3 Å². The van der Waals surface area contributed by atoms with Gasteiger partial charge in [-0.1, -0.05) is 0 Å². The van der Waals surface area contributed by atoms with Crippen LogP contribution in [0.15, 0.2) is 30.3 Å². The molecule has 7 heteroatoms. The predicted octanol–water partition coefficient (Wildman–Crippen LogP) is 4.71. The Morgan fingerprint density at radius 1 is 1.05 bits per heavy atom. The maximum absolute atomic E-state index is 13.9. The number of halogens is 4. The molecule has 0 radical (unpaired) electrons. The van der Waals surface area contributed by atoms with E-state index < -0.39 is 17.5 Å². The summed E-state index contributed by atoms with van der Waals surface area (Å²) in [5, 5.41) is 0. The highest BCUT2D eigenvalue weighted by atomic mass is 127. The van der Waals surface area contributed by atoms with Gasteiger partial charge in [-0.3, -0.25) is 4.57 Å². The van der Waals surface area contributed by atoms with Crippen molar-refractivity contribution >= 4 is 45.8 Å². The average molecular weight is 406 g/mol. The number of hydrogen-bond acceptors (Lipinski definition) is 1. The molecule has 0 saturated heterocycles. The Hall–Kier alpha value is -1.35. The van der Waals surface area contributed by atoms with E-state index in [-0.39, 0.29) is 10.5 Å². The molecular formula is C13H6F3IN2S. The first-order valence-corrected chi connectivity index (χ1v) is 7.01. The van der Waals surface area contributed by atoms with E-state index in [1.165, 1.54) is 10.6 Å². The number of nitrogens with one attached hydrogen (secondary N) is 1. The second-order valence-electron chi connectivity index (χ2n) is 4.14. The van der Waals surface area contributed by atoms with Gasteiger partial charge in [0.15, 0.2) is 4.77 Å². The zero-order valence-corrected chi connectivity index (χ0v) is 12.7. The number of H-pyrrole nitrogens is 1. The summed E-state index contributed by atoms with van der Waals surface area (Å²) >= 11 is 6.97. The van der Waals surface area contributed by atoms with E-state index in [9.17, 15) is 13.2 Å². The van der Waals surface area contributed by atoms with Crippen molar-refractivity contribution in [2.24, 2.45) is 0 Å². The van der Waals surface area contributed by atoms with Crippen molar-refractivity contribution in [1.29, 1.82) is 0 Å². The topological polar surface area (TPSA) is 20.7 Å². The predicted molar refractivity (Wildman–Crippen MR) is 81.1 cm³/mol. The van der Waals surface area contributed by atoms with Crippen molar-refractivity contribution in [3.63, 3.8) is 0 Å². The van der Waals surface area contributed by atoms with Gasteiger partial charge in [0.1, 0.15) is 17.5 Å². The Bertz CT molecular complexity index is 885. The highest BCUT2D eigenvalue weighted by Crippen LogP contribution is 2.25. The molecule has 0 aliphatic heterocycles. The number of hydrogen-bond donors (Lipinski definition) is 1. The fourth-order valence-electron chi connectivity index (χ4n) is 2.00. The number of rotatable bonds is 1. The lowest BCUT2D eigenvalue weighted by atomic mass is 10.2. The molecule has 1 heterocycles. The van der Waals surface area contributed by atoms with Gasteiger partial charge in [-0.05, 0) is 53.0 Å². The van der Waals surface area contributed by atoms with Gasteiger partial charge in [0, 0.05) is 12.1 Å². The van der Waals surface area contributed by atoms with Crippen molar-refractivity contribution < 1.29 is 13.2 Å². The summed E-state index contributed by atoms with van der Waals surface area (Å²) in [5.74, 6) is -1.68. The van der Waals surface area contributed by atoms with E-state index in [1.54, 1.807) is 6.07 Å². The maximum Gasteiger partial charge on any atom is 0.182 e. The monoisotopic (exact) mass is 406 g/mol. The molecule has 2 aromatic carbocycles. The zero-order chi connectivity index (χ0) is 14.4. The lowest BCUT2D eigenvalue weighted by Crippen LogP contribution is -1.99. The molecule has 0 spiro atoms. The fourth-order valence-corrected chi connectivity index (χ4v) is 2.77. The van der Waals surface area contributed by atoms with Gasteiger partial charge in [-0.15, -0.1) is 0 Å². The van der Waals surface area contributed by atoms with Crippen molar-refractivity contribution in [2.75, 3.05) is 0 Å². The molecule has 0 fully saturated rings. The lowest BCUT2D eigenvalue weighted by Gasteiger charge is -2.06. The molecule has 3 rings (SSSR count). The smallest absolute Gasteiger partial charge is 0.182 e. The van der Waals surface area contributed by atoms with Gasteiger partial charge in [0.2, 0.25) is 0 Å². The number of aromatic nitrogens is 2. The largest absolute Gasteiger partial charge is 0.330 e. The average Bonchev–Trinajstić information content (AvgIpc) is 2.69. The van der Waals surface area contributed by atoms with Crippen LogP contribution < -0.4 is 0 Å². The van der Waals surface area contributed by atoms with E-state index in [0.29, 0.717) is 14.6 Å². The van der Waals surface area contributed by atoms with E-state index in [1.807, 2.05) is 22.6 Å². The van der Waals surface area contributed by atoms with Crippen molar-refractivity contribution in [3.8, 4) is 5.69 Å². The van der Waals surface area contributed by atoms with Crippen LogP contribution in [0.1, 0.15) is 0 Å². The third-order valence-electron chi connectivity index (χ3n) is 2.87. The number of benzene rings is 2. The second-order valence-corrected chi connectivity index (χ2v) is 5.69. The van der Waals surface area contributed by atoms with E-state index >= 15 is 0 Å². The lowest BCUT2D eigenvalue weighted by molar-refractivity contribution is 0.593. The van der Waals surface area contributed by atoms with Crippen LogP contribution in [-0.2, 0) is 0 Å². The van der Waals surface area contributed by atoms with Gasteiger partial charge >= 0.3 is 0 Å². The van der Waals surface area contributed by atoms with Crippen LogP contribution in [0.3, 0.4) is 0 Å². The molecular weight excluding hydrogens is 400 g/mol. The molecule has 2 nitrogen and oxygen atoms in total. The van der Waals surface area contributed by atoms with E-state index in [2.05, 4.69) is 4.98 Å². The molecule has 20 heavy (non-hydrogen) atoms. The standard InChI is InChI=1S/C13H6F3IN2S/c14-6-1-2-7(15)11(3-6)19-12-4-8(16)9(17)5-10(12)18-13(19)20/h1-5H,(H,18,20). The third kappa shape index (κ3) is 2.14. The molecule has 1 aromatic heterocycles. The van der Waals surface area contributed by atoms with Gasteiger partial charge in [0.25, 0.3) is 0 Å².